The third-order valence-corrected chi connectivity index (χ3v) is 9.48. The van der Waals surface area contributed by atoms with Crippen LogP contribution in [0.3, 0.4) is 0 Å². The van der Waals surface area contributed by atoms with Crippen LogP contribution in [-0.4, -0.2) is 39.4 Å². The van der Waals surface area contributed by atoms with E-state index in [1.54, 1.807) is 18.5 Å². The lowest BCUT2D eigenvalue weighted by Crippen LogP contribution is -2.50. The molecule has 2 aliphatic carbocycles. The highest BCUT2D eigenvalue weighted by atomic mass is 19.4. The molecule has 10 heteroatoms. The van der Waals surface area contributed by atoms with Gasteiger partial charge in [0.05, 0.1) is 31.2 Å². The van der Waals surface area contributed by atoms with Gasteiger partial charge in [-0.1, -0.05) is 12.1 Å². The molecule has 4 aliphatic rings. The summed E-state index contributed by atoms with van der Waals surface area (Å²) in [4.78, 5) is 15.3. The number of alkyl halides is 3. The number of hydrogen-bond acceptors (Lipinski definition) is 5. The van der Waals surface area contributed by atoms with Crippen LogP contribution in [-0.2, 0) is 24.5 Å². The first-order valence-corrected chi connectivity index (χ1v) is 14.5. The predicted octanol–water partition coefficient (Wildman–Crippen LogP) is 5.76. The van der Waals surface area contributed by atoms with Crippen molar-refractivity contribution in [2.75, 3.05) is 18.1 Å². The van der Waals surface area contributed by atoms with Gasteiger partial charge in [0, 0.05) is 35.8 Å². The molecule has 1 amide bonds. The van der Waals surface area contributed by atoms with Gasteiger partial charge in [-0.3, -0.25) is 4.79 Å². The number of ether oxygens (including phenoxy) is 1. The molecule has 2 atom stereocenters. The summed E-state index contributed by atoms with van der Waals surface area (Å²) >= 11 is 0. The molecule has 2 aliphatic heterocycles. The van der Waals surface area contributed by atoms with Crippen molar-refractivity contribution in [3.63, 3.8) is 0 Å². The van der Waals surface area contributed by atoms with Crippen molar-refractivity contribution in [1.29, 1.82) is 0 Å². The second-order valence-corrected chi connectivity index (χ2v) is 12.5. The molecular weight excluding hydrogens is 531 g/mol. The van der Waals surface area contributed by atoms with E-state index in [1.165, 1.54) is 11.0 Å². The fraction of sp³-hybridized carbons (Fsp3) is 0.516. The van der Waals surface area contributed by atoms with Crippen LogP contribution in [0.2, 0.25) is 0 Å². The van der Waals surface area contributed by atoms with Crippen LogP contribution < -0.4 is 10.2 Å². The summed E-state index contributed by atoms with van der Waals surface area (Å²) in [5.74, 6) is 0.782. The van der Waals surface area contributed by atoms with E-state index in [-0.39, 0.29) is 41.1 Å². The number of nitrogens with zero attached hydrogens (tertiary/aromatic N) is 4. The lowest BCUT2D eigenvalue weighted by atomic mass is 9.77. The number of rotatable bonds is 8. The molecule has 0 spiro atoms. The van der Waals surface area contributed by atoms with Crippen LogP contribution >= 0.6 is 0 Å². The Morgan fingerprint density at radius 2 is 1.88 bits per heavy atom. The standard InChI is InChI=1S/C31H34F3N5O2/c1-30(9-4-10-30)36-27(18-7-8-18)20-12-23-24(25(13-20)31(32,33)34)14-39(29(23)40)22-6-3-5-19(11-22)26(21-15-41-16-21)28-37-35-17-38(28)2/h3,5-6,11-13,17-18,21,26-27,36H,4,7-10,14-16H2,1-2H3. The fourth-order valence-corrected chi connectivity index (χ4v) is 6.74. The Morgan fingerprint density at radius 3 is 2.46 bits per heavy atom. The van der Waals surface area contributed by atoms with Gasteiger partial charge < -0.3 is 19.5 Å². The maximum atomic E-state index is 14.5. The predicted molar refractivity (Wildman–Crippen MR) is 146 cm³/mol. The van der Waals surface area contributed by atoms with Crippen LogP contribution in [0, 0.1) is 11.8 Å². The Balaban J connectivity index is 1.25. The van der Waals surface area contributed by atoms with Crippen molar-refractivity contribution in [2.45, 2.75) is 69.2 Å². The van der Waals surface area contributed by atoms with Crippen molar-refractivity contribution in [2.24, 2.45) is 18.9 Å². The van der Waals surface area contributed by atoms with Gasteiger partial charge in [0.1, 0.15) is 12.2 Å². The molecule has 7 nitrogen and oxygen atoms in total. The van der Waals surface area contributed by atoms with Crippen molar-refractivity contribution >= 4 is 11.6 Å². The Kier molecular flexibility index (Phi) is 6.28. The summed E-state index contributed by atoms with van der Waals surface area (Å²) < 4.78 is 50.8. The minimum Gasteiger partial charge on any atom is -0.381 e. The molecule has 0 radical (unpaired) electrons. The van der Waals surface area contributed by atoms with Crippen LogP contribution in [0.25, 0.3) is 0 Å². The number of fused-ring (bicyclic) bond motifs is 1. The van der Waals surface area contributed by atoms with Crippen LogP contribution in [0.4, 0.5) is 18.9 Å². The van der Waals surface area contributed by atoms with Crippen molar-refractivity contribution in [3.8, 4) is 0 Å². The average molecular weight is 566 g/mol. The quantitative estimate of drug-likeness (QED) is 0.376. The zero-order valence-electron chi connectivity index (χ0n) is 23.2. The van der Waals surface area contributed by atoms with Crippen LogP contribution in [0.1, 0.15) is 89.4 Å². The van der Waals surface area contributed by atoms with E-state index < -0.39 is 17.6 Å². The lowest BCUT2D eigenvalue weighted by molar-refractivity contribution is -0.138. The number of halogens is 3. The van der Waals surface area contributed by atoms with Crippen molar-refractivity contribution in [3.05, 3.63) is 76.4 Å². The molecule has 2 aromatic carbocycles. The molecule has 1 aromatic heterocycles. The molecule has 2 unspecified atom stereocenters. The summed E-state index contributed by atoms with van der Waals surface area (Å²) in [6, 6.07) is 10.4. The first kappa shape index (κ1) is 26.6. The zero-order chi connectivity index (χ0) is 28.5. The molecule has 3 fully saturated rings. The van der Waals surface area contributed by atoms with E-state index >= 15 is 0 Å². The Morgan fingerprint density at radius 1 is 1.10 bits per heavy atom. The van der Waals surface area contributed by atoms with Gasteiger partial charge in [-0.25, -0.2) is 0 Å². The van der Waals surface area contributed by atoms with E-state index in [0.717, 1.165) is 43.5 Å². The first-order valence-electron chi connectivity index (χ1n) is 14.5. The second-order valence-electron chi connectivity index (χ2n) is 12.5. The third kappa shape index (κ3) is 4.74. The fourth-order valence-electron chi connectivity index (χ4n) is 6.74. The average Bonchev–Trinajstić information content (AvgIpc) is 3.57. The van der Waals surface area contributed by atoms with E-state index in [2.05, 4.69) is 22.4 Å². The summed E-state index contributed by atoms with van der Waals surface area (Å²) in [6.07, 6.45) is 2.20. The molecule has 41 heavy (non-hydrogen) atoms. The van der Waals surface area contributed by atoms with Crippen molar-refractivity contribution < 1.29 is 22.7 Å². The van der Waals surface area contributed by atoms with E-state index in [0.29, 0.717) is 30.4 Å². The molecule has 3 aromatic rings. The number of nitrogens with one attached hydrogen (secondary N) is 1. The minimum atomic E-state index is -4.56. The summed E-state index contributed by atoms with van der Waals surface area (Å²) in [5, 5.41) is 12.1. The monoisotopic (exact) mass is 565 g/mol. The molecule has 0 bridgehead atoms. The van der Waals surface area contributed by atoms with E-state index in [9.17, 15) is 18.0 Å². The van der Waals surface area contributed by atoms with Gasteiger partial charge in [0.15, 0.2) is 0 Å². The van der Waals surface area contributed by atoms with Gasteiger partial charge in [-0.15, -0.1) is 10.2 Å². The van der Waals surface area contributed by atoms with Gasteiger partial charge >= 0.3 is 6.18 Å². The Labute approximate surface area is 237 Å². The lowest BCUT2D eigenvalue weighted by Gasteiger charge is -2.43. The number of aromatic nitrogens is 3. The summed E-state index contributed by atoms with van der Waals surface area (Å²) in [6.45, 7) is 3.20. The number of aryl methyl sites for hydroxylation is 1. The van der Waals surface area contributed by atoms with Gasteiger partial charge in [0.25, 0.3) is 5.91 Å². The number of amides is 1. The second kappa shape index (κ2) is 9.66. The zero-order valence-corrected chi connectivity index (χ0v) is 23.2. The maximum absolute atomic E-state index is 14.5. The summed E-state index contributed by atoms with van der Waals surface area (Å²) in [7, 11) is 1.89. The highest BCUT2D eigenvalue weighted by molar-refractivity contribution is 6.10. The number of hydrogen-bond donors (Lipinski definition) is 1. The normalized spacial score (nSPS) is 21.8. The van der Waals surface area contributed by atoms with E-state index in [4.69, 9.17) is 4.74 Å². The molecule has 216 valence electrons. The molecule has 3 heterocycles. The number of carbonyl (C=O) groups excluding carboxylic acids is 1. The SMILES string of the molecule is Cn1cnnc1C(c1cccc(N2Cc3c(cc(C(NC4(C)CCC4)C4CC4)cc3C(F)(F)F)C2=O)c1)C1COC1. The van der Waals surface area contributed by atoms with Gasteiger partial charge in [0.2, 0.25) is 0 Å². The molecule has 2 saturated carbocycles. The minimum absolute atomic E-state index is 0.0540. The molecule has 1 N–H and O–H groups in total. The highest BCUT2D eigenvalue weighted by Crippen LogP contribution is 2.48. The molecule has 1 saturated heterocycles. The Hall–Kier alpha value is -3.24. The highest BCUT2D eigenvalue weighted by Gasteiger charge is 2.44. The summed E-state index contributed by atoms with van der Waals surface area (Å²) in [5.41, 5.74) is 1.52. The maximum Gasteiger partial charge on any atom is 0.416 e. The van der Waals surface area contributed by atoms with Crippen LogP contribution in [0.15, 0.2) is 42.7 Å². The topological polar surface area (TPSA) is 72.3 Å². The largest absolute Gasteiger partial charge is 0.416 e. The first-order chi connectivity index (χ1) is 19.6. The molecule has 7 rings (SSSR count). The Bertz CT molecular complexity index is 1490. The van der Waals surface area contributed by atoms with Crippen LogP contribution in [0.5, 0.6) is 0 Å². The van der Waals surface area contributed by atoms with Crippen molar-refractivity contribution in [1.82, 2.24) is 20.1 Å². The molecular formula is C31H34F3N5O2. The van der Waals surface area contributed by atoms with Gasteiger partial charge in [-0.05, 0) is 85.9 Å². The smallest absolute Gasteiger partial charge is 0.381 e. The number of anilines is 1. The van der Waals surface area contributed by atoms with E-state index in [1.807, 2.05) is 29.8 Å². The number of benzene rings is 2. The van der Waals surface area contributed by atoms with Gasteiger partial charge in [-0.2, -0.15) is 13.2 Å². The number of carbonyl (C=O) groups is 1. The third-order valence-electron chi connectivity index (χ3n) is 9.48.